The van der Waals surface area contributed by atoms with Crippen LogP contribution in [0.25, 0.3) is 10.4 Å². The van der Waals surface area contributed by atoms with Crippen LogP contribution in [0.3, 0.4) is 0 Å². The smallest absolute Gasteiger partial charge is 0.166 e. The maximum atomic E-state index is 12.3. The van der Waals surface area contributed by atoms with E-state index in [0.29, 0.717) is 0 Å². The van der Waals surface area contributed by atoms with E-state index in [1.54, 1.807) is 0 Å². The number of nitrogens with zero attached hydrogens (tertiary/aromatic N) is 3. The molecular weight excluding hydrogens is 195 g/mol. The zero-order valence-corrected chi connectivity index (χ0v) is 6.99. The third-order valence-corrected chi connectivity index (χ3v) is 1.63. The minimum Gasteiger partial charge on any atom is -0.166 e. The van der Waals surface area contributed by atoms with Gasteiger partial charge in [-0.2, -0.15) is 13.2 Å². The summed E-state index contributed by atoms with van der Waals surface area (Å²) < 4.78 is 37.0. The Morgan fingerprint density at radius 1 is 1.29 bits per heavy atom. The maximum absolute atomic E-state index is 12.3. The number of halogens is 3. The molecule has 0 aliphatic carbocycles. The van der Waals surface area contributed by atoms with Crippen LogP contribution in [-0.2, 0) is 12.7 Å². The quantitative estimate of drug-likeness (QED) is 0.399. The molecule has 1 aromatic carbocycles. The predicted molar refractivity (Wildman–Crippen MR) is 44.3 cm³/mol. The van der Waals surface area contributed by atoms with E-state index in [1.807, 2.05) is 0 Å². The zero-order valence-electron chi connectivity index (χ0n) is 6.99. The molecule has 1 aromatic rings. The average Bonchev–Trinajstić information content (AvgIpc) is 2.14. The molecule has 0 radical (unpaired) electrons. The largest absolute Gasteiger partial charge is 0.416 e. The van der Waals surface area contributed by atoms with Gasteiger partial charge in [0.2, 0.25) is 0 Å². The van der Waals surface area contributed by atoms with Gasteiger partial charge >= 0.3 is 6.18 Å². The number of benzene rings is 1. The maximum Gasteiger partial charge on any atom is 0.416 e. The van der Waals surface area contributed by atoms with Crippen LogP contribution in [0.1, 0.15) is 11.1 Å². The van der Waals surface area contributed by atoms with Crippen LogP contribution in [0, 0.1) is 0 Å². The van der Waals surface area contributed by atoms with Crippen molar-refractivity contribution in [3.63, 3.8) is 0 Å². The summed E-state index contributed by atoms with van der Waals surface area (Å²) in [5.74, 6) is 0. The van der Waals surface area contributed by atoms with Crippen LogP contribution in [-0.4, -0.2) is 0 Å². The predicted octanol–water partition coefficient (Wildman–Crippen LogP) is 3.52. The first kappa shape index (κ1) is 10.4. The molecule has 0 heterocycles. The highest BCUT2D eigenvalue weighted by Gasteiger charge is 2.32. The van der Waals surface area contributed by atoms with E-state index >= 15 is 0 Å². The van der Waals surface area contributed by atoms with Crippen molar-refractivity contribution >= 4 is 0 Å². The van der Waals surface area contributed by atoms with Gasteiger partial charge in [-0.3, -0.25) is 0 Å². The molecule has 0 aliphatic rings. The van der Waals surface area contributed by atoms with Crippen molar-refractivity contribution in [1.29, 1.82) is 0 Å². The van der Waals surface area contributed by atoms with E-state index in [2.05, 4.69) is 10.0 Å². The highest BCUT2D eigenvalue weighted by Crippen LogP contribution is 2.31. The van der Waals surface area contributed by atoms with Gasteiger partial charge in [-0.15, -0.1) is 0 Å². The topological polar surface area (TPSA) is 48.8 Å². The van der Waals surface area contributed by atoms with Crippen molar-refractivity contribution in [2.75, 3.05) is 0 Å². The van der Waals surface area contributed by atoms with E-state index in [1.165, 1.54) is 18.2 Å². The number of hydrogen-bond donors (Lipinski definition) is 0. The van der Waals surface area contributed by atoms with E-state index < -0.39 is 11.7 Å². The van der Waals surface area contributed by atoms with Gasteiger partial charge < -0.3 is 0 Å². The summed E-state index contributed by atoms with van der Waals surface area (Å²) in [6.07, 6.45) is -4.40. The Balaban J connectivity index is 3.09. The summed E-state index contributed by atoms with van der Waals surface area (Å²) in [6.45, 7) is -0.286. The molecule has 3 nitrogen and oxygen atoms in total. The van der Waals surface area contributed by atoms with Crippen molar-refractivity contribution in [3.8, 4) is 0 Å². The lowest BCUT2D eigenvalue weighted by Gasteiger charge is -2.10. The minimum atomic E-state index is -4.40. The Morgan fingerprint density at radius 3 is 2.50 bits per heavy atom. The summed E-state index contributed by atoms with van der Waals surface area (Å²) in [5.41, 5.74) is 7.23. The van der Waals surface area contributed by atoms with Gasteiger partial charge in [0.05, 0.1) is 12.1 Å². The Morgan fingerprint density at radius 2 is 1.93 bits per heavy atom. The number of hydrogen-bond acceptors (Lipinski definition) is 1. The minimum absolute atomic E-state index is 0.0159. The molecule has 0 fully saturated rings. The molecule has 0 bridgehead atoms. The molecule has 74 valence electrons. The van der Waals surface area contributed by atoms with E-state index in [9.17, 15) is 13.2 Å². The number of rotatable bonds is 2. The molecule has 1 rings (SSSR count). The fourth-order valence-electron chi connectivity index (χ4n) is 1.04. The molecule has 0 aromatic heterocycles. The van der Waals surface area contributed by atoms with E-state index in [4.69, 9.17) is 5.53 Å². The molecule has 0 saturated carbocycles. The first-order valence-corrected chi connectivity index (χ1v) is 3.71. The molecule has 0 aliphatic heterocycles. The monoisotopic (exact) mass is 201 g/mol. The fraction of sp³-hybridized carbons (Fsp3) is 0.250. The lowest BCUT2D eigenvalue weighted by atomic mass is 10.1. The van der Waals surface area contributed by atoms with Crippen molar-refractivity contribution in [1.82, 2.24) is 0 Å². The average molecular weight is 201 g/mol. The van der Waals surface area contributed by atoms with Crippen molar-refractivity contribution in [2.24, 2.45) is 5.11 Å². The highest BCUT2D eigenvalue weighted by atomic mass is 19.4. The first-order chi connectivity index (χ1) is 6.55. The molecule has 0 atom stereocenters. The normalized spacial score (nSPS) is 10.8. The Bertz CT molecular complexity index is 366. The standard InChI is InChI=1S/C8H6F3N3/c9-8(10,11)7-4-2-1-3-6(7)5-13-14-12/h1-4H,5H2. The second kappa shape index (κ2) is 4.02. The lowest BCUT2D eigenvalue weighted by Crippen LogP contribution is -2.08. The summed E-state index contributed by atoms with van der Waals surface area (Å²) in [4.78, 5) is 2.41. The third-order valence-electron chi connectivity index (χ3n) is 1.63. The van der Waals surface area contributed by atoms with Crippen LogP contribution in [0.5, 0.6) is 0 Å². The van der Waals surface area contributed by atoms with Crippen LogP contribution in [0.15, 0.2) is 29.4 Å². The molecular formula is C8H6F3N3. The molecule has 0 N–H and O–H groups in total. The molecule has 0 unspecified atom stereocenters. The van der Waals surface area contributed by atoms with Gasteiger partial charge in [0.15, 0.2) is 0 Å². The summed E-state index contributed by atoms with van der Waals surface area (Å²) in [5, 5.41) is 3.10. The van der Waals surface area contributed by atoms with Crippen LogP contribution in [0.4, 0.5) is 13.2 Å². The Kier molecular flexibility index (Phi) is 2.99. The molecule has 0 saturated heterocycles. The van der Waals surface area contributed by atoms with Gasteiger partial charge in [-0.05, 0) is 17.2 Å². The SMILES string of the molecule is [N-]=[N+]=NCc1ccccc1C(F)(F)F. The van der Waals surface area contributed by atoms with Gasteiger partial charge in [-0.1, -0.05) is 23.3 Å². The van der Waals surface area contributed by atoms with Crippen molar-refractivity contribution in [3.05, 3.63) is 45.8 Å². The molecule has 14 heavy (non-hydrogen) atoms. The summed E-state index contributed by atoms with van der Waals surface area (Å²) in [7, 11) is 0. The fourth-order valence-corrected chi connectivity index (χ4v) is 1.04. The Labute approximate surface area is 77.8 Å². The molecule has 6 heteroatoms. The van der Waals surface area contributed by atoms with E-state index in [0.717, 1.165) is 6.07 Å². The van der Waals surface area contributed by atoms with Gasteiger partial charge in [0.25, 0.3) is 0 Å². The second-order valence-corrected chi connectivity index (χ2v) is 2.54. The van der Waals surface area contributed by atoms with Crippen LogP contribution < -0.4 is 0 Å². The zero-order chi connectivity index (χ0) is 10.6. The van der Waals surface area contributed by atoms with Crippen LogP contribution in [0.2, 0.25) is 0 Å². The van der Waals surface area contributed by atoms with Gasteiger partial charge in [0.1, 0.15) is 0 Å². The molecule has 0 spiro atoms. The summed E-state index contributed by atoms with van der Waals surface area (Å²) in [6, 6.07) is 5.01. The third kappa shape index (κ3) is 2.40. The van der Waals surface area contributed by atoms with Crippen LogP contribution >= 0.6 is 0 Å². The van der Waals surface area contributed by atoms with Gasteiger partial charge in [0, 0.05) is 4.91 Å². The highest BCUT2D eigenvalue weighted by molar-refractivity contribution is 5.29. The second-order valence-electron chi connectivity index (χ2n) is 2.54. The van der Waals surface area contributed by atoms with Crippen molar-refractivity contribution < 1.29 is 13.2 Å². The number of alkyl halides is 3. The number of azide groups is 1. The first-order valence-electron chi connectivity index (χ1n) is 3.71. The molecule has 0 amide bonds. The Hall–Kier alpha value is -1.68. The summed E-state index contributed by atoms with van der Waals surface area (Å²) >= 11 is 0. The lowest BCUT2D eigenvalue weighted by molar-refractivity contribution is -0.138. The van der Waals surface area contributed by atoms with Gasteiger partial charge in [-0.25, -0.2) is 0 Å². The van der Waals surface area contributed by atoms with Crippen molar-refractivity contribution in [2.45, 2.75) is 12.7 Å². The van der Waals surface area contributed by atoms with E-state index in [-0.39, 0.29) is 12.1 Å².